The van der Waals surface area contributed by atoms with Gasteiger partial charge in [0.15, 0.2) is 5.69 Å². The molecule has 6 nitrogen and oxygen atoms in total. The minimum atomic E-state index is -0.563. The lowest BCUT2D eigenvalue weighted by Gasteiger charge is -2.08. The average Bonchev–Trinajstić information content (AvgIpc) is 2.83. The van der Waals surface area contributed by atoms with Gasteiger partial charge in [0.05, 0.1) is 0 Å². The Morgan fingerprint density at radius 2 is 2.41 bits per heavy atom. The summed E-state index contributed by atoms with van der Waals surface area (Å²) in [7, 11) is 0. The van der Waals surface area contributed by atoms with Gasteiger partial charge in [-0.1, -0.05) is 0 Å². The molecule has 0 aliphatic carbocycles. The zero-order valence-electron chi connectivity index (χ0n) is 9.56. The first-order chi connectivity index (χ1) is 8.25. The molecule has 1 fully saturated rings. The zero-order chi connectivity index (χ0) is 12.1. The van der Waals surface area contributed by atoms with Crippen LogP contribution in [0.4, 0.5) is 5.82 Å². The largest absolute Gasteiger partial charge is 0.381 e. The lowest BCUT2D eigenvalue weighted by molar-refractivity contribution is 0.0994. The molecule has 1 aliphatic rings. The first-order valence-corrected chi connectivity index (χ1v) is 5.71. The standard InChI is InChI=1S/C11H16N4O2/c12-11(16)9-1-2-10(15-14-9)13-5-3-8-4-6-17-7-8/h1-2,8H,3-7H2,(H2,12,16)(H,13,15). The fraction of sp³-hybridized carbons (Fsp3) is 0.545. The van der Waals surface area contributed by atoms with Gasteiger partial charge < -0.3 is 15.8 Å². The van der Waals surface area contributed by atoms with E-state index in [1.54, 1.807) is 12.1 Å². The molecule has 17 heavy (non-hydrogen) atoms. The smallest absolute Gasteiger partial charge is 0.269 e. The number of nitrogens with zero attached hydrogens (tertiary/aromatic N) is 2. The van der Waals surface area contributed by atoms with Crippen LogP contribution in [0.2, 0.25) is 0 Å². The first kappa shape index (κ1) is 11.8. The van der Waals surface area contributed by atoms with E-state index >= 15 is 0 Å². The number of primary amides is 1. The molecule has 1 amide bonds. The van der Waals surface area contributed by atoms with Gasteiger partial charge in [-0.3, -0.25) is 4.79 Å². The summed E-state index contributed by atoms with van der Waals surface area (Å²) >= 11 is 0. The number of anilines is 1. The molecule has 1 aromatic rings. The molecule has 1 aromatic heterocycles. The summed E-state index contributed by atoms with van der Waals surface area (Å²) in [5, 5.41) is 10.7. The second-order valence-corrected chi connectivity index (χ2v) is 4.11. The number of ether oxygens (including phenoxy) is 1. The van der Waals surface area contributed by atoms with Gasteiger partial charge in [0, 0.05) is 19.8 Å². The topological polar surface area (TPSA) is 90.1 Å². The van der Waals surface area contributed by atoms with Crippen LogP contribution in [0.25, 0.3) is 0 Å². The Morgan fingerprint density at radius 3 is 3.00 bits per heavy atom. The van der Waals surface area contributed by atoms with E-state index in [4.69, 9.17) is 10.5 Å². The summed E-state index contributed by atoms with van der Waals surface area (Å²) < 4.78 is 5.29. The normalized spacial score (nSPS) is 19.2. The van der Waals surface area contributed by atoms with Crippen molar-refractivity contribution in [3.8, 4) is 0 Å². The van der Waals surface area contributed by atoms with Crippen molar-refractivity contribution < 1.29 is 9.53 Å². The molecule has 2 rings (SSSR count). The number of hydrogen-bond donors (Lipinski definition) is 2. The summed E-state index contributed by atoms with van der Waals surface area (Å²) in [4.78, 5) is 10.8. The fourth-order valence-electron chi connectivity index (χ4n) is 1.77. The number of amides is 1. The molecule has 3 N–H and O–H groups in total. The minimum Gasteiger partial charge on any atom is -0.381 e. The summed E-state index contributed by atoms with van der Waals surface area (Å²) in [6, 6.07) is 3.27. The van der Waals surface area contributed by atoms with Crippen molar-refractivity contribution in [2.45, 2.75) is 12.8 Å². The van der Waals surface area contributed by atoms with Crippen molar-refractivity contribution in [1.82, 2.24) is 10.2 Å². The van der Waals surface area contributed by atoms with Crippen LogP contribution in [-0.4, -0.2) is 35.9 Å². The molecule has 0 spiro atoms. The van der Waals surface area contributed by atoms with E-state index < -0.39 is 5.91 Å². The van der Waals surface area contributed by atoms with Crippen LogP contribution in [0.5, 0.6) is 0 Å². The number of carbonyl (C=O) groups is 1. The lowest BCUT2D eigenvalue weighted by atomic mass is 10.1. The highest BCUT2D eigenvalue weighted by Crippen LogP contribution is 2.16. The van der Waals surface area contributed by atoms with Crippen LogP contribution in [0.3, 0.4) is 0 Å². The maximum atomic E-state index is 10.8. The van der Waals surface area contributed by atoms with Crippen molar-refractivity contribution in [2.24, 2.45) is 11.7 Å². The van der Waals surface area contributed by atoms with Crippen LogP contribution in [-0.2, 0) is 4.74 Å². The quantitative estimate of drug-likeness (QED) is 0.773. The molecule has 1 saturated heterocycles. The molecule has 1 aliphatic heterocycles. The van der Waals surface area contributed by atoms with Gasteiger partial charge in [0.2, 0.25) is 0 Å². The van der Waals surface area contributed by atoms with Gasteiger partial charge in [-0.15, -0.1) is 10.2 Å². The number of nitrogens with two attached hydrogens (primary N) is 1. The zero-order valence-corrected chi connectivity index (χ0v) is 9.56. The number of rotatable bonds is 5. The van der Waals surface area contributed by atoms with Crippen molar-refractivity contribution in [3.05, 3.63) is 17.8 Å². The van der Waals surface area contributed by atoms with Crippen LogP contribution >= 0.6 is 0 Å². The number of carbonyl (C=O) groups excluding carboxylic acids is 1. The fourth-order valence-corrected chi connectivity index (χ4v) is 1.77. The van der Waals surface area contributed by atoms with E-state index in [2.05, 4.69) is 15.5 Å². The Kier molecular flexibility index (Phi) is 3.87. The molecule has 0 radical (unpaired) electrons. The van der Waals surface area contributed by atoms with E-state index in [1.807, 2.05) is 0 Å². The molecule has 1 unspecified atom stereocenters. The van der Waals surface area contributed by atoms with Gasteiger partial charge in [0.1, 0.15) is 5.82 Å². The maximum absolute atomic E-state index is 10.8. The Labute approximate surface area is 99.6 Å². The Hall–Kier alpha value is -1.69. The van der Waals surface area contributed by atoms with E-state index in [-0.39, 0.29) is 5.69 Å². The van der Waals surface area contributed by atoms with E-state index in [1.165, 1.54) is 0 Å². The molecular formula is C11H16N4O2. The first-order valence-electron chi connectivity index (χ1n) is 5.71. The van der Waals surface area contributed by atoms with Crippen LogP contribution in [0.15, 0.2) is 12.1 Å². The Bertz CT molecular complexity index is 374. The molecule has 1 atom stereocenters. The second kappa shape index (κ2) is 5.58. The number of hydrogen-bond acceptors (Lipinski definition) is 5. The second-order valence-electron chi connectivity index (χ2n) is 4.11. The molecule has 0 aromatic carbocycles. The van der Waals surface area contributed by atoms with Crippen molar-refractivity contribution >= 4 is 11.7 Å². The van der Waals surface area contributed by atoms with Gasteiger partial charge in [-0.2, -0.15) is 0 Å². The SMILES string of the molecule is NC(=O)c1ccc(NCCC2CCOC2)nn1. The predicted molar refractivity (Wildman–Crippen MR) is 62.6 cm³/mol. The molecule has 0 bridgehead atoms. The highest BCUT2D eigenvalue weighted by Gasteiger charge is 2.14. The van der Waals surface area contributed by atoms with Crippen molar-refractivity contribution in [1.29, 1.82) is 0 Å². The molecule has 92 valence electrons. The third kappa shape index (κ3) is 3.39. The summed E-state index contributed by atoms with van der Waals surface area (Å²) in [6.45, 7) is 2.56. The Balaban J connectivity index is 1.76. The maximum Gasteiger partial charge on any atom is 0.269 e. The molecule has 0 saturated carbocycles. The van der Waals surface area contributed by atoms with E-state index in [9.17, 15) is 4.79 Å². The predicted octanol–water partition coefficient (Wildman–Crippen LogP) is 0.414. The van der Waals surface area contributed by atoms with Crippen LogP contribution < -0.4 is 11.1 Å². The lowest BCUT2D eigenvalue weighted by Crippen LogP contribution is -2.15. The average molecular weight is 236 g/mol. The van der Waals surface area contributed by atoms with Gasteiger partial charge in [-0.05, 0) is 30.9 Å². The third-order valence-corrected chi connectivity index (χ3v) is 2.80. The molecular weight excluding hydrogens is 220 g/mol. The highest BCUT2D eigenvalue weighted by atomic mass is 16.5. The van der Waals surface area contributed by atoms with Gasteiger partial charge in [-0.25, -0.2) is 0 Å². The van der Waals surface area contributed by atoms with Crippen molar-refractivity contribution in [2.75, 3.05) is 25.1 Å². The number of aromatic nitrogens is 2. The molecule has 2 heterocycles. The van der Waals surface area contributed by atoms with Crippen molar-refractivity contribution in [3.63, 3.8) is 0 Å². The van der Waals surface area contributed by atoms with Crippen LogP contribution in [0.1, 0.15) is 23.3 Å². The number of nitrogens with one attached hydrogen (secondary N) is 1. The summed E-state index contributed by atoms with van der Waals surface area (Å²) in [6.07, 6.45) is 2.19. The van der Waals surface area contributed by atoms with E-state index in [0.29, 0.717) is 11.7 Å². The monoisotopic (exact) mass is 236 g/mol. The third-order valence-electron chi connectivity index (χ3n) is 2.80. The van der Waals surface area contributed by atoms with Gasteiger partial charge >= 0.3 is 0 Å². The van der Waals surface area contributed by atoms with Crippen LogP contribution in [0, 0.1) is 5.92 Å². The Morgan fingerprint density at radius 1 is 1.53 bits per heavy atom. The summed E-state index contributed by atoms with van der Waals surface area (Å²) in [5.41, 5.74) is 5.25. The van der Waals surface area contributed by atoms with Gasteiger partial charge in [0.25, 0.3) is 5.91 Å². The molecule has 6 heteroatoms. The van der Waals surface area contributed by atoms with E-state index in [0.717, 1.165) is 32.6 Å². The summed E-state index contributed by atoms with van der Waals surface area (Å²) in [5.74, 6) is 0.737. The highest BCUT2D eigenvalue weighted by molar-refractivity contribution is 5.90. The minimum absolute atomic E-state index is 0.180.